The van der Waals surface area contributed by atoms with Crippen molar-refractivity contribution in [3.05, 3.63) is 70.2 Å². The van der Waals surface area contributed by atoms with E-state index >= 15 is 0 Å². The Hall–Kier alpha value is -1.86. The molecule has 0 amide bonds. The molecular weight excluding hydrogens is 306 g/mol. The van der Waals surface area contributed by atoms with Crippen LogP contribution in [0.25, 0.3) is 0 Å². The molecule has 3 nitrogen and oxygen atoms in total. The SMILES string of the molecule is N#Cc1ccc(CN2CCN(Cc3cccc(Cl)c3)CC2)cc1. The van der Waals surface area contributed by atoms with Gasteiger partial charge >= 0.3 is 0 Å². The highest BCUT2D eigenvalue weighted by molar-refractivity contribution is 6.30. The zero-order valence-corrected chi connectivity index (χ0v) is 13.8. The van der Waals surface area contributed by atoms with E-state index in [4.69, 9.17) is 16.9 Å². The lowest BCUT2D eigenvalue weighted by atomic mass is 10.1. The van der Waals surface area contributed by atoms with Gasteiger partial charge in [-0.2, -0.15) is 5.26 Å². The van der Waals surface area contributed by atoms with E-state index in [2.05, 4.69) is 34.1 Å². The van der Waals surface area contributed by atoms with E-state index < -0.39 is 0 Å². The Morgan fingerprint density at radius 3 is 2.04 bits per heavy atom. The highest BCUT2D eigenvalue weighted by Gasteiger charge is 2.17. The van der Waals surface area contributed by atoms with Crippen LogP contribution in [0.4, 0.5) is 0 Å². The van der Waals surface area contributed by atoms with Gasteiger partial charge in [0.25, 0.3) is 0 Å². The minimum absolute atomic E-state index is 0.722. The molecule has 0 aliphatic carbocycles. The third-order valence-electron chi connectivity index (χ3n) is 4.25. The van der Waals surface area contributed by atoms with Crippen LogP contribution in [0.2, 0.25) is 5.02 Å². The lowest BCUT2D eigenvalue weighted by Crippen LogP contribution is -2.45. The van der Waals surface area contributed by atoms with Crippen LogP contribution in [0, 0.1) is 11.3 Å². The molecule has 118 valence electrons. The van der Waals surface area contributed by atoms with Gasteiger partial charge in [-0.3, -0.25) is 9.80 Å². The topological polar surface area (TPSA) is 30.3 Å². The van der Waals surface area contributed by atoms with Crippen LogP contribution in [0.5, 0.6) is 0 Å². The predicted octanol–water partition coefficient (Wildman–Crippen LogP) is 3.53. The number of hydrogen-bond acceptors (Lipinski definition) is 3. The molecule has 0 atom stereocenters. The van der Waals surface area contributed by atoms with Gasteiger partial charge in [-0.05, 0) is 35.4 Å². The van der Waals surface area contributed by atoms with Crippen LogP contribution < -0.4 is 0 Å². The van der Waals surface area contributed by atoms with E-state index in [0.717, 1.165) is 49.9 Å². The normalized spacial score (nSPS) is 16.2. The van der Waals surface area contributed by atoms with Crippen LogP contribution in [-0.2, 0) is 13.1 Å². The van der Waals surface area contributed by atoms with Crippen molar-refractivity contribution < 1.29 is 0 Å². The van der Waals surface area contributed by atoms with Crippen molar-refractivity contribution >= 4 is 11.6 Å². The molecule has 1 heterocycles. The number of nitriles is 1. The highest BCUT2D eigenvalue weighted by Crippen LogP contribution is 2.15. The summed E-state index contributed by atoms with van der Waals surface area (Å²) in [5.41, 5.74) is 3.27. The molecule has 1 saturated heterocycles. The van der Waals surface area contributed by atoms with E-state index in [1.165, 1.54) is 11.1 Å². The maximum absolute atomic E-state index is 8.84. The number of rotatable bonds is 4. The summed E-state index contributed by atoms with van der Waals surface area (Å²) in [6.45, 7) is 6.20. The molecule has 0 N–H and O–H groups in total. The maximum atomic E-state index is 8.84. The second kappa shape index (κ2) is 7.61. The van der Waals surface area contributed by atoms with Crippen LogP contribution in [-0.4, -0.2) is 36.0 Å². The monoisotopic (exact) mass is 325 g/mol. The lowest BCUT2D eigenvalue weighted by Gasteiger charge is -2.34. The molecule has 0 saturated carbocycles. The van der Waals surface area contributed by atoms with E-state index in [9.17, 15) is 0 Å². The Bertz CT molecular complexity index is 683. The average Bonchev–Trinajstić information content (AvgIpc) is 2.57. The molecule has 3 rings (SSSR count). The van der Waals surface area contributed by atoms with Gasteiger partial charge in [0.05, 0.1) is 11.6 Å². The Labute approximate surface area is 142 Å². The number of halogens is 1. The quantitative estimate of drug-likeness (QED) is 0.861. The molecule has 0 spiro atoms. The maximum Gasteiger partial charge on any atom is 0.0991 e. The summed E-state index contributed by atoms with van der Waals surface area (Å²) < 4.78 is 0. The van der Waals surface area contributed by atoms with Gasteiger partial charge in [0, 0.05) is 44.3 Å². The second-order valence-electron chi connectivity index (χ2n) is 5.99. The number of nitrogens with zero attached hydrogens (tertiary/aromatic N) is 3. The van der Waals surface area contributed by atoms with E-state index in [0.29, 0.717) is 0 Å². The fourth-order valence-corrected chi connectivity index (χ4v) is 3.15. The molecule has 0 bridgehead atoms. The molecule has 1 aliphatic heterocycles. The summed E-state index contributed by atoms with van der Waals surface area (Å²) >= 11 is 6.05. The van der Waals surface area contributed by atoms with Gasteiger partial charge in [0.15, 0.2) is 0 Å². The molecule has 1 fully saturated rings. The third kappa shape index (κ3) is 4.56. The van der Waals surface area contributed by atoms with E-state index in [1.54, 1.807) is 0 Å². The van der Waals surface area contributed by atoms with Crippen LogP contribution in [0.1, 0.15) is 16.7 Å². The zero-order chi connectivity index (χ0) is 16.1. The van der Waals surface area contributed by atoms with Crippen LogP contribution in [0.3, 0.4) is 0 Å². The minimum Gasteiger partial charge on any atom is -0.297 e. The first kappa shape index (κ1) is 16.0. The Morgan fingerprint density at radius 2 is 1.48 bits per heavy atom. The molecule has 0 radical (unpaired) electrons. The molecule has 0 aromatic heterocycles. The van der Waals surface area contributed by atoms with Gasteiger partial charge in [-0.15, -0.1) is 0 Å². The minimum atomic E-state index is 0.722. The lowest BCUT2D eigenvalue weighted by molar-refractivity contribution is 0.122. The van der Waals surface area contributed by atoms with Crippen molar-refractivity contribution in [3.63, 3.8) is 0 Å². The molecule has 4 heteroatoms. The first-order chi connectivity index (χ1) is 11.2. The van der Waals surface area contributed by atoms with Gasteiger partial charge in [0.2, 0.25) is 0 Å². The number of piperazine rings is 1. The van der Waals surface area contributed by atoms with E-state index in [-0.39, 0.29) is 0 Å². The molecule has 2 aromatic rings. The predicted molar refractivity (Wildman–Crippen MR) is 93.2 cm³/mol. The van der Waals surface area contributed by atoms with Crippen molar-refractivity contribution in [3.8, 4) is 6.07 Å². The summed E-state index contributed by atoms with van der Waals surface area (Å²) in [6, 6.07) is 18.2. The van der Waals surface area contributed by atoms with Gasteiger partial charge in [0.1, 0.15) is 0 Å². The van der Waals surface area contributed by atoms with Gasteiger partial charge in [-0.25, -0.2) is 0 Å². The van der Waals surface area contributed by atoms with Crippen molar-refractivity contribution in [2.45, 2.75) is 13.1 Å². The largest absolute Gasteiger partial charge is 0.297 e. The summed E-state index contributed by atoms with van der Waals surface area (Å²) in [5, 5.41) is 9.65. The average molecular weight is 326 g/mol. The Kier molecular flexibility index (Phi) is 5.30. The van der Waals surface area contributed by atoms with Crippen molar-refractivity contribution in [1.29, 1.82) is 5.26 Å². The van der Waals surface area contributed by atoms with Crippen molar-refractivity contribution in [1.82, 2.24) is 9.80 Å². The van der Waals surface area contributed by atoms with Crippen molar-refractivity contribution in [2.24, 2.45) is 0 Å². The van der Waals surface area contributed by atoms with Crippen molar-refractivity contribution in [2.75, 3.05) is 26.2 Å². The summed E-state index contributed by atoms with van der Waals surface area (Å²) in [4.78, 5) is 4.94. The van der Waals surface area contributed by atoms with Crippen LogP contribution in [0.15, 0.2) is 48.5 Å². The first-order valence-corrected chi connectivity index (χ1v) is 8.29. The molecule has 2 aromatic carbocycles. The first-order valence-electron chi connectivity index (χ1n) is 7.91. The Morgan fingerprint density at radius 1 is 0.870 bits per heavy atom. The number of hydrogen-bond donors (Lipinski definition) is 0. The second-order valence-corrected chi connectivity index (χ2v) is 6.43. The summed E-state index contributed by atoms with van der Waals surface area (Å²) in [6.07, 6.45) is 0. The fraction of sp³-hybridized carbons (Fsp3) is 0.316. The highest BCUT2D eigenvalue weighted by atomic mass is 35.5. The third-order valence-corrected chi connectivity index (χ3v) is 4.48. The van der Waals surface area contributed by atoms with Crippen LogP contribution >= 0.6 is 11.6 Å². The molecule has 23 heavy (non-hydrogen) atoms. The molecule has 1 aliphatic rings. The molecular formula is C19H20ClN3. The van der Waals surface area contributed by atoms with Gasteiger partial charge in [-0.1, -0.05) is 35.9 Å². The van der Waals surface area contributed by atoms with Gasteiger partial charge < -0.3 is 0 Å². The molecule has 0 unspecified atom stereocenters. The summed E-state index contributed by atoms with van der Waals surface area (Å²) in [5.74, 6) is 0. The fourth-order valence-electron chi connectivity index (χ4n) is 2.94. The Balaban J connectivity index is 1.49. The van der Waals surface area contributed by atoms with E-state index in [1.807, 2.05) is 30.3 Å². The smallest absolute Gasteiger partial charge is 0.0991 e. The summed E-state index contributed by atoms with van der Waals surface area (Å²) in [7, 11) is 0. The number of benzene rings is 2. The zero-order valence-electron chi connectivity index (χ0n) is 13.1. The standard InChI is InChI=1S/C19H20ClN3/c20-19-3-1-2-18(12-19)15-23-10-8-22(9-11-23)14-17-6-4-16(13-21)5-7-17/h1-7,12H,8-11,14-15H2.